The zero-order valence-electron chi connectivity index (χ0n) is 11.9. The molecule has 0 spiro atoms. The van der Waals surface area contributed by atoms with Crippen molar-refractivity contribution in [1.29, 1.82) is 0 Å². The van der Waals surface area contributed by atoms with E-state index in [4.69, 9.17) is 4.74 Å². The highest BCUT2D eigenvalue weighted by atomic mass is 79.9. The topological polar surface area (TPSA) is 22.1 Å². The Hall–Kier alpha value is -1.35. The van der Waals surface area contributed by atoms with E-state index in [0.29, 0.717) is 10.7 Å². The number of aromatic nitrogens is 1. The molecule has 0 saturated carbocycles. The molecular formula is C17H20BrNO. The van der Waals surface area contributed by atoms with Crippen molar-refractivity contribution in [3.63, 3.8) is 0 Å². The second-order valence-electron chi connectivity index (χ2n) is 4.97. The molecule has 1 heterocycles. The Balaban J connectivity index is 1.89. The van der Waals surface area contributed by atoms with Crippen LogP contribution in [0.1, 0.15) is 30.4 Å². The summed E-state index contributed by atoms with van der Waals surface area (Å²) in [7, 11) is 1.69. The molecule has 106 valence electrons. The van der Waals surface area contributed by atoms with Crippen molar-refractivity contribution in [1.82, 2.24) is 4.98 Å². The minimum absolute atomic E-state index is 0.465. The van der Waals surface area contributed by atoms with E-state index in [1.807, 2.05) is 24.5 Å². The second kappa shape index (κ2) is 7.44. The van der Waals surface area contributed by atoms with Crippen molar-refractivity contribution in [3.8, 4) is 5.75 Å². The fraction of sp³-hybridized carbons (Fsp3) is 0.353. The van der Waals surface area contributed by atoms with Crippen molar-refractivity contribution in [2.45, 2.75) is 30.5 Å². The van der Waals surface area contributed by atoms with Crippen LogP contribution in [0.5, 0.6) is 5.75 Å². The lowest BCUT2D eigenvalue weighted by molar-refractivity contribution is 0.414. The van der Waals surface area contributed by atoms with Crippen LogP contribution in [-0.4, -0.2) is 16.9 Å². The van der Waals surface area contributed by atoms with Gasteiger partial charge in [0.15, 0.2) is 0 Å². The highest BCUT2D eigenvalue weighted by molar-refractivity contribution is 9.09. The standard InChI is InChI=1S/C17H20BrNO/c1-13(15-9-11-19-12-10-15)17(18)8-5-14-3-6-16(20-2)7-4-14/h3-4,6-7,9-13,17H,5,8H2,1-2H3. The van der Waals surface area contributed by atoms with Gasteiger partial charge in [-0.15, -0.1) is 0 Å². The van der Waals surface area contributed by atoms with Gasteiger partial charge in [-0.05, 0) is 54.2 Å². The van der Waals surface area contributed by atoms with Gasteiger partial charge >= 0.3 is 0 Å². The van der Waals surface area contributed by atoms with Gasteiger partial charge in [0.05, 0.1) is 7.11 Å². The van der Waals surface area contributed by atoms with Gasteiger partial charge in [0.1, 0.15) is 5.75 Å². The third-order valence-electron chi connectivity index (χ3n) is 3.64. The van der Waals surface area contributed by atoms with Crippen molar-refractivity contribution < 1.29 is 4.74 Å². The molecule has 0 fully saturated rings. The predicted octanol–water partition coefficient (Wildman–Crippen LogP) is 4.59. The van der Waals surface area contributed by atoms with Crippen LogP contribution in [0.15, 0.2) is 48.8 Å². The van der Waals surface area contributed by atoms with E-state index in [0.717, 1.165) is 18.6 Å². The third kappa shape index (κ3) is 4.07. The average Bonchev–Trinajstić information content (AvgIpc) is 2.53. The average molecular weight is 334 g/mol. The second-order valence-corrected chi connectivity index (χ2v) is 6.15. The van der Waals surface area contributed by atoms with Gasteiger partial charge < -0.3 is 4.74 Å². The van der Waals surface area contributed by atoms with E-state index in [2.05, 4.69) is 52.1 Å². The highest BCUT2D eigenvalue weighted by Crippen LogP contribution is 2.27. The van der Waals surface area contributed by atoms with Gasteiger partial charge in [0.25, 0.3) is 0 Å². The molecule has 0 saturated heterocycles. The quantitative estimate of drug-likeness (QED) is 0.721. The van der Waals surface area contributed by atoms with Crippen LogP contribution in [0, 0.1) is 0 Å². The largest absolute Gasteiger partial charge is 0.497 e. The van der Waals surface area contributed by atoms with E-state index < -0.39 is 0 Å². The summed E-state index contributed by atoms with van der Waals surface area (Å²) in [6, 6.07) is 12.5. The van der Waals surface area contributed by atoms with Gasteiger partial charge in [-0.3, -0.25) is 4.98 Å². The van der Waals surface area contributed by atoms with Crippen molar-refractivity contribution in [2.75, 3.05) is 7.11 Å². The lowest BCUT2D eigenvalue weighted by Gasteiger charge is -2.18. The van der Waals surface area contributed by atoms with Gasteiger partial charge in [0.2, 0.25) is 0 Å². The Morgan fingerprint density at radius 1 is 1.10 bits per heavy atom. The first-order valence-electron chi connectivity index (χ1n) is 6.87. The molecule has 20 heavy (non-hydrogen) atoms. The first-order chi connectivity index (χ1) is 9.70. The molecule has 0 aliphatic carbocycles. The summed E-state index contributed by atoms with van der Waals surface area (Å²) in [5, 5.41) is 0. The smallest absolute Gasteiger partial charge is 0.118 e. The SMILES string of the molecule is COc1ccc(CCC(Br)C(C)c2ccncc2)cc1. The Kier molecular flexibility index (Phi) is 5.60. The lowest BCUT2D eigenvalue weighted by atomic mass is 9.95. The van der Waals surface area contributed by atoms with Crippen LogP contribution < -0.4 is 4.74 Å². The Bertz CT molecular complexity index is 512. The summed E-state index contributed by atoms with van der Waals surface area (Å²) in [4.78, 5) is 4.53. The molecule has 2 rings (SSSR count). The van der Waals surface area contributed by atoms with Crippen molar-refractivity contribution in [2.24, 2.45) is 0 Å². The summed E-state index contributed by atoms with van der Waals surface area (Å²) >= 11 is 3.82. The fourth-order valence-electron chi connectivity index (χ4n) is 2.22. The van der Waals surface area contributed by atoms with E-state index in [-0.39, 0.29) is 0 Å². The summed E-state index contributed by atoms with van der Waals surface area (Å²) in [5.41, 5.74) is 2.67. The molecule has 0 aliphatic heterocycles. The minimum atomic E-state index is 0.465. The first kappa shape index (κ1) is 15.0. The number of hydrogen-bond acceptors (Lipinski definition) is 2. The highest BCUT2D eigenvalue weighted by Gasteiger charge is 2.15. The summed E-state index contributed by atoms with van der Waals surface area (Å²) in [5.74, 6) is 1.39. The summed E-state index contributed by atoms with van der Waals surface area (Å²) in [6.45, 7) is 2.25. The molecule has 0 amide bonds. The van der Waals surface area contributed by atoms with E-state index in [1.54, 1.807) is 7.11 Å². The number of ether oxygens (including phenoxy) is 1. The molecule has 2 nitrogen and oxygen atoms in total. The van der Waals surface area contributed by atoms with Crippen LogP contribution >= 0.6 is 15.9 Å². The maximum absolute atomic E-state index is 5.18. The van der Waals surface area contributed by atoms with Crippen molar-refractivity contribution >= 4 is 15.9 Å². The van der Waals surface area contributed by atoms with Crippen LogP contribution in [0.2, 0.25) is 0 Å². The number of halogens is 1. The van der Waals surface area contributed by atoms with Gasteiger partial charge in [-0.25, -0.2) is 0 Å². The Morgan fingerprint density at radius 3 is 2.35 bits per heavy atom. The summed E-state index contributed by atoms with van der Waals surface area (Å²) in [6.07, 6.45) is 5.88. The molecule has 3 heteroatoms. The van der Waals surface area contributed by atoms with Gasteiger partial charge in [0, 0.05) is 17.2 Å². The van der Waals surface area contributed by atoms with Crippen molar-refractivity contribution in [3.05, 3.63) is 59.9 Å². The van der Waals surface area contributed by atoms with E-state index in [1.165, 1.54) is 11.1 Å². The van der Waals surface area contributed by atoms with E-state index >= 15 is 0 Å². The molecule has 1 aromatic carbocycles. The minimum Gasteiger partial charge on any atom is -0.497 e. The van der Waals surface area contributed by atoms with Crippen LogP contribution in [-0.2, 0) is 6.42 Å². The molecule has 2 unspecified atom stereocenters. The van der Waals surface area contributed by atoms with Gasteiger partial charge in [-0.2, -0.15) is 0 Å². The number of pyridine rings is 1. The zero-order valence-corrected chi connectivity index (χ0v) is 13.5. The van der Waals surface area contributed by atoms with E-state index in [9.17, 15) is 0 Å². The monoisotopic (exact) mass is 333 g/mol. The fourth-order valence-corrected chi connectivity index (χ4v) is 2.76. The molecular weight excluding hydrogens is 314 g/mol. The molecule has 2 aromatic rings. The molecule has 0 N–H and O–H groups in total. The number of methoxy groups -OCH3 is 1. The molecule has 1 aromatic heterocycles. The lowest BCUT2D eigenvalue weighted by Crippen LogP contribution is -2.10. The number of nitrogens with zero attached hydrogens (tertiary/aromatic N) is 1. The number of hydrogen-bond donors (Lipinski definition) is 0. The van der Waals surface area contributed by atoms with Gasteiger partial charge in [-0.1, -0.05) is 35.0 Å². The first-order valence-corrected chi connectivity index (χ1v) is 7.79. The Labute approximate surface area is 129 Å². The van der Waals surface area contributed by atoms with Crippen LogP contribution in [0.25, 0.3) is 0 Å². The maximum Gasteiger partial charge on any atom is 0.118 e. The number of alkyl halides is 1. The number of rotatable bonds is 6. The zero-order chi connectivity index (χ0) is 14.4. The number of benzene rings is 1. The maximum atomic E-state index is 5.18. The van der Waals surface area contributed by atoms with Crippen LogP contribution in [0.3, 0.4) is 0 Å². The molecule has 0 radical (unpaired) electrons. The molecule has 0 bridgehead atoms. The third-order valence-corrected chi connectivity index (χ3v) is 4.89. The molecule has 0 aliphatic rings. The Morgan fingerprint density at radius 2 is 1.75 bits per heavy atom. The number of aryl methyl sites for hydroxylation is 1. The molecule has 2 atom stereocenters. The summed E-state index contributed by atoms with van der Waals surface area (Å²) < 4.78 is 5.18. The predicted molar refractivity (Wildman–Crippen MR) is 86.7 cm³/mol. The normalized spacial score (nSPS) is 13.8. The van der Waals surface area contributed by atoms with Crippen LogP contribution in [0.4, 0.5) is 0 Å².